The molecule has 2 aliphatic rings. The second-order valence-corrected chi connectivity index (χ2v) is 6.46. The first-order valence-electron chi connectivity index (χ1n) is 7.22. The first kappa shape index (κ1) is 14.2. The van der Waals surface area contributed by atoms with E-state index in [4.69, 9.17) is 23.2 Å². The molecule has 1 unspecified atom stereocenters. The Kier molecular flexibility index (Phi) is 4.24. The minimum absolute atomic E-state index is 0.00312. The van der Waals surface area contributed by atoms with Gasteiger partial charge in [-0.15, -0.1) is 0 Å². The molecule has 0 radical (unpaired) electrons. The average Bonchev–Trinajstić information content (AvgIpc) is 3.09. The van der Waals surface area contributed by atoms with E-state index in [2.05, 4.69) is 10.3 Å². The van der Waals surface area contributed by atoms with Gasteiger partial charge in [0.1, 0.15) is 10.8 Å². The molecular formula is C14H19Cl2N3O. The normalized spacial score (nSPS) is 24.3. The lowest BCUT2D eigenvalue weighted by molar-refractivity contribution is 0.0669. The molecule has 1 aromatic heterocycles. The first-order valence-corrected chi connectivity index (χ1v) is 7.97. The Morgan fingerprint density at radius 2 is 2.00 bits per heavy atom. The van der Waals surface area contributed by atoms with Crippen LogP contribution in [-0.4, -0.2) is 41.5 Å². The number of halogens is 2. The summed E-state index contributed by atoms with van der Waals surface area (Å²) in [6, 6.07) is 2.26. The zero-order valence-electron chi connectivity index (χ0n) is 11.3. The van der Waals surface area contributed by atoms with Gasteiger partial charge in [0.2, 0.25) is 0 Å². The third kappa shape index (κ3) is 2.83. The van der Waals surface area contributed by atoms with Crippen molar-refractivity contribution in [2.24, 2.45) is 5.92 Å². The van der Waals surface area contributed by atoms with E-state index in [1.807, 2.05) is 4.90 Å². The molecule has 20 heavy (non-hydrogen) atoms. The Bertz CT molecular complexity index is 469. The third-order valence-corrected chi connectivity index (χ3v) is 5.14. The maximum Gasteiger partial charge on any atom is 0.270 e. The molecule has 110 valence electrons. The number of hydrogen-bond acceptors (Lipinski definition) is 2. The van der Waals surface area contributed by atoms with E-state index in [-0.39, 0.29) is 5.91 Å². The van der Waals surface area contributed by atoms with Gasteiger partial charge in [0.15, 0.2) is 0 Å². The lowest BCUT2D eigenvalue weighted by atomic mass is 9.88. The van der Waals surface area contributed by atoms with Crippen molar-refractivity contribution in [2.75, 3.05) is 19.6 Å². The molecule has 2 aliphatic heterocycles. The van der Waals surface area contributed by atoms with Gasteiger partial charge in [0, 0.05) is 19.1 Å². The Morgan fingerprint density at radius 3 is 2.55 bits per heavy atom. The average molecular weight is 316 g/mol. The van der Waals surface area contributed by atoms with Crippen LogP contribution in [0.25, 0.3) is 0 Å². The number of likely N-dealkylation sites (tertiary alicyclic amines) is 1. The van der Waals surface area contributed by atoms with Gasteiger partial charge in [-0.05, 0) is 44.2 Å². The van der Waals surface area contributed by atoms with Crippen LogP contribution in [-0.2, 0) is 0 Å². The van der Waals surface area contributed by atoms with Crippen LogP contribution in [0.2, 0.25) is 10.2 Å². The Morgan fingerprint density at radius 1 is 1.25 bits per heavy atom. The van der Waals surface area contributed by atoms with Crippen LogP contribution in [0.5, 0.6) is 0 Å². The monoisotopic (exact) mass is 315 g/mol. The number of hydrogen-bond donors (Lipinski definition) is 2. The van der Waals surface area contributed by atoms with Gasteiger partial charge >= 0.3 is 0 Å². The fourth-order valence-corrected chi connectivity index (χ4v) is 3.62. The minimum atomic E-state index is -0.00312. The largest absolute Gasteiger partial charge is 0.340 e. The van der Waals surface area contributed by atoms with Crippen molar-refractivity contribution >= 4 is 29.1 Å². The molecule has 0 spiro atoms. The summed E-state index contributed by atoms with van der Waals surface area (Å²) < 4.78 is 0. The van der Waals surface area contributed by atoms with E-state index in [1.165, 1.54) is 12.8 Å². The van der Waals surface area contributed by atoms with Crippen molar-refractivity contribution in [3.8, 4) is 0 Å². The van der Waals surface area contributed by atoms with Gasteiger partial charge in [-0.2, -0.15) is 0 Å². The van der Waals surface area contributed by atoms with E-state index in [0.717, 1.165) is 32.5 Å². The number of rotatable bonds is 2. The van der Waals surface area contributed by atoms with E-state index >= 15 is 0 Å². The Balaban J connectivity index is 1.58. The number of H-pyrrole nitrogens is 1. The fourth-order valence-electron chi connectivity index (χ4n) is 3.31. The number of nitrogens with zero attached hydrogens (tertiary/aromatic N) is 1. The van der Waals surface area contributed by atoms with Gasteiger partial charge in [0.25, 0.3) is 5.91 Å². The molecule has 0 saturated carbocycles. The summed E-state index contributed by atoms with van der Waals surface area (Å²) in [4.78, 5) is 17.1. The van der Waals surface area contributed by atoms with E-state index < -0.39 is 0 Å². The molecule has 3 heterocycles. The molecule has 3 rings (SSSR count). The number of aromatic amines is 1. The van der Waals surface area contributed by atoms with Crippen LogP contribution in [0.3, 0.4) is 0 Å². The van der Waals surface area contributed by atoms with Crippen LogP contribution >= 0.6 is 23.2 Å². The number of amides is 1. The zero-order valence-corrected chi connectivity index (χ0v) is 12.8. The lowest BCUT2D eigenvalue weighted by Crippen LogP contribution is -2.43. The van der Waals surface area contributed by atoms with Crippen LogP contribution in [0.1, 0.15) is 36.2 Å². The van der Waals surface area contributed by atoms with Gasteiger partial charge in [-0.25, -0.2) is 0 Å². The fraction of sp³-hybridized carbons (Fsp3) is 0.643. The molecule has 6 heteroatoms. The molecule has 2 saturated heterocycles. The van der Waals surface area contributed by atoms with E-state index in [0.29, 0.717) is 27.8 Å². The maximum atomic E-state index is 12.4. The van der Waals surface area contributed by atoms with Gasteiger partial charge in [0.05, 0.1) is 5.02 Å². The summed E-state index contributed by atoms with van der Waals surface area (Å²) >= 11 is 11.7. The predicted molar refractivity (Wildman–Crippen MR) is 80.5 cm³/mol. The molecule has 2 N–H and O–H groups in total. The molecule has 1 aromatic rings. The number of carbonyl (C=O) groups excluding carboxylic acids is 1. The van der Waals surface area contributed by atoms with E-state index in [1.54, 1.807) is 6.07 Å². The minimum Gasteiger partial charge on any atom is -0.340 e. The smallest absolute Gasteiger partial charge is 0.270 e. The first-order chi connectivity index (χ1) is 9.65. The summed E-state index contributed by atoms with van der Waals surface area (Å²) in [6.45, 7) is 2.77. The maximum absolute atomic E-state index is 12.4. The SMILES string of the molecule is O=C(c1cc(Cl)c(Cl)[nH]1)N1CCC(C2CCCN2)CC1. The topological polar surface area (TPSA) is 48.1 Å². The van der Waals surface area contributed by atoms with Crippen LogP contribution in [0.4, 0.5) is 0 Å². The second-order valence-electron chi connectivity index (χ2n) is 5.68. The number of piperidine rings is 1. The standard InChI is InChI=1S/C14H19Cl2N3O/c15-10-8-12(18-13(10)16)14(20)19-6-3-9(4-7-19)11-2-1-5-17-11/h8-9,11,17-18H,1-7H2. The second kappa shape index (κ2) is 5.96. The molecule has 0 aliphatic carbocycles. The molecule has 0 bridgehead atoms. The molecule has 1 atom stereocenters. The molecular weight excluding hydrogens is 297 g/mol. The van der Waals surface area contributed by atoms with Crippen molar-refractivity contribution in [3.63, 3.8) is 0 Å². The van der Waals surface area contributed by atoms with Crippen molar-refractivity contribution in [1.29, 1.82) is 0 Å². The van der Waals surface area contributed by atoms with Gasteiger partial charge in [-0.3, -0.25) is 4.79 Å². The Labute approximate surface area is 128 Å². The highest BCUT2D eigenvalue weighted by atomic mass is 35.5. The van der Waals surface area contributed by atoms with Crippen molar-refractivity contribution in [3.05, 3.63) is 21.9 Å². The zero-order chi connectivity index (χ0) is 14.1. The van der Waals surface area contributed by atoms with Crippen molar-refractivity contribution in [1.82, 2.24) is 15.2 Å². The van der Waals surface area contributed by atoms with E-state index in [9.17, 15) is 4.79 Å². The number of carbonyl (C=O) groups is 1. The lowest BCUT2D eigenvalue weighted by Gasteiger charge is -2.34. The summed E-state index contributed by atoms with van der Waals surface area (Å²) in [7, 11) is 0. The molecule has 4 nitrogen and oxygen atoms in total. The highest BCUT2D eigenvalue weighted by Gasteiger charge is 2.30. The van der Waals surface area contributed by atoms with Gasteiger partial charge < -0.3 is 15.2 Å². The molecule has 1 amide bonds. The van der Waals surface area contributed by atoms with Crippen LogP contribution in [0, 0.1) is 5.92 Å². The van der Waals surface area contributed by atoms with Gasteiger partial charge in [-0.1, -0.05) is 23.2 Å². The highest BCUT2D eigenvalue weighted by Crippen LogP contribution is 2.27. The Hall–Kier alpha value is -0.710. The van der Waals surface area contributed by atoms with Crippen LogP contribution in [0.15, 0.2) is 6.07 Å². The number of aromatic nitrogens is 1. The summed E-state index contributed by atoms with van der Waals surface area (Å²) in [6.07, 6.45) is 4.71. The molecule has 0 aromatic carbocycles. The van der Waals surface area contributed by atoms with Crippen LogP contribution < -0.4 is 5.32 Å². The van der Waals surface area contributed by atoms with Crippen molar-refractivity contribution < 1.29 is 4.79 Å². The predicted octanol–water partition coefficient (Wildman–Crippen LogP) is 2.93. The summed E-state index contributed by atoms with van der Waals surface area (Å²) in [5.74, 6) is 0.703. The summed E-state index contributed by atoms with van der Waals surface area (Å²) in [5.41, 5.74) is 0.484. The summed E-state index contributed by atoms with van der Waals surface area (Å²) in [5, 5.41) is 4.30. The quantitative estimate of drug-likeness (QED) is 0.881. The third-order valence-electron chi connectivity index (χ3n) is 4.45. The van der Waals surface area contributed by atoms with Crippen molar-refractivity contribution in [2.45, 2.75) is 31.7 Å². The molecule has 2 fully saturated rings. The number of nitrogens with one attached hydrogen (secondary N) is 2. The highest BCUT2D eigenvalue weighted by molar-refractivity contribution is 6.41.